The molecule has 1 N–H and O–H groups in total. The number of nitrogens with zero attached hydrogens (tertiary/aromatic N) is 1. The van der Waals surface area contributed by atoms with E-state index in [1.165, 1.54) is 6.07 Å². The predicted octanol–water partition coefficient (Wildman–Crippen LogP) is 1.76. The zero-order chi connectivity index (χ0) is 15.5. The van der Waals surface area contributed by atoms with E-state index >= 15 is 0 Å². The van der Waals surface area contributed by atoms with Crippen molar-refractivity contribution in [2.75, 3.05) is 31.2 Å². The van der Waals surface area contributed by atoms with Gasteiger partial charge in [-0.05, 0) is 44.0 Å². The lowest BCUT2D eigenvalue weighted by molar-refractivity contribution is -0.117. The standard InChI is InChI=1S/C15H22N2O3S/c1-12-7-9-17(10-8-12)11-15(18)16-13-5-3-4-6-14(13)21(2,19)20/h3-6,12H,7-11H2,1-2H3,(H,16,18). The van der Waals surface area contributed by atoms with Crippen molar-refractivity contribution in [3.8, 4) is 0 Å². The fourth-order valence-corrected chi connectivity index (χ4v) is 3.35. The molecule has 1 aliphatic rings. The summed E-state index contributed by atoms with van der Waals surface area (Å²) in [7, 11) is -3.35. The first-order valence-electron chi connectivity index (χ1n) is 7.17. The predicted molar refractivity (Wildman–Crippen MR) is 83.0 cm³/mol. The van der Waals surface area contributed by atoms with Crippen molar-refractivity contribution in [3.63, 3.8) is 0 Å². The number of hydrogen-bond donors (Lipinski definition) is 1. The molecular weight excluding hydrogens is 288 g/mol. The second-order valence-corrected chi connectivity index (χ2v) is 7.76. The van der Waals surface area contributed by atoms with Crippen LogP contribution in [0.25, 0.3) is 0 Å². The Morgan fingerprint density at radius 1 is 1.29 bits per heavy atom. The van der Waals surface area contributed by atoms with Crippen molar-refractivity contribution < 1.29 is 13.2 Å². The number of hydrogen-bond acceptors (Lipinski definition) is 4. The van der Waals surface area contributed by atoms with Gasteiger partial charge in [0.05, 0.1) is 17.1 Å². The maximum Gasteiger partial charge on any atom is 0.238 e. The minimum atomic E-state index is -3.35. The van der Waals surface area contributed by atoms with E-state index in [9.17, 15) is 13.2 Å². The van der Waals surface area contributed by atoms with E-state index in [0.29, 0.717) is 12.2 Å². The Kier molecular flexibility index (Phi) is 5.00. The lowest BCUT2D eigenvalue weighted by Crippen LogP contribution is -2.38. The molecule has 21 heavy (non-hydrogen) atoms. The fraction of sp³-hybridized carbons (Fsp3) is 0.533. The normalized spacial score (nSPS) is 17.6. The van der Waals surface area contributed by atoms with Crippen molar-refractivity contribution in [3.05, 3.63) is 24.3 Å². The van der Waals surface area contributed by atoms with Crippen LogP contribution in [0.3, 0.4) is 0 Å². The van der Waals surface area contributed by atoms with Gasteiger partial charge in [-0.2, -0.15) is 0 Å². The molecule has 0 bridgehead atoms. The SMILES string of the molecule is CC1CCN(CC(=O)Nc2ccccc2S(C)(=O)=O)CC1. The van der Waals surface area contributed by atoms with Gasteiger partial charge in [0.25, 0.3) is 0 Å². The topological polar surface area (TPSA) is 66.5 Å². The molecule has 1 saturated heterocycles. The van der Waals surface area contributed by atoms with Gasteiger partial charge >= 0.3 is 0 Å². The van der Waals surface area contributed by atoms with Crippen molar-refractivity contribution in [1.29, 1.82) is 0 Å². The molecule has 116 valence electrons. The number of anilines is 1. The maximum absolute atomic E-state index is 12.1. The minimum Gasteiger partial charge on any atom is -0.324 e. The van der Waals surface area contributed by atoms with Crippen LogP contribution in [0.5, 0.6) is 0 Å². The van der Waals surface area contributed by atoms with Gasteiger partial charge < -0.3 is 5.32 Å². The van der Waals surface area contributed by atoms with Gasteiger partial charge in [0.2, 0.25) is 5.91 Å². The van der Waals surface area contributed by atoms with Gasteiger partial charge in [-0.1, -0.05) is 19.1 Å². The molecule has 0 aromatic heterocycles. The number of piperidine rings is 1. The number of para-hydroxylation sites is 1. The third-order valence-corrected chi connectivity index (χ3v) is 4.96. The van der Waals surface area contributed by atoms with Crippen LogP contribution in [-0.2, 0) is 14.6 Å². The number of amides is 1. The van der Waals surface area contributed by atoms with Crippen LogP contribution in [0, 0.1) is 5.92 Å². The molecule has 0 radical (unpaired) electrons. The summed E-state index contributed by atoms with van der Waals surface area (Å²) >= 11 is 0. The van der Waals surface area contributed by atoms with E-state index < -0.39 is 9.84 Å². The summed E-state index contributed by atoms with van der Waals surface area (Å²) in [5.41, 5.74) is 0.357. The molecule has 2 rings (SSSR count). The summed E-state index contributed by atoms with van der Waals surface area (Å²) in [6.45, 7) is 4.37. The van der Waals surface area contributed by atoms with Crippen molar-refractivity contribution in [2.24, 2.45) is 5.92 Å². The van der Waals surface area contributed by atoms with Gasteiger partial charge in [0.1, 0.15) is 0 Å². The Morgan fingerprint density at radius 3 is 2.52 bits per heavy atom. The van der Waals surface area contributed by atoms with E-state index in [2.05, 4.69) is 17.1 Å². The minimum absolute atomic E-state index is 0.158. The summed E-state index contributed by atoms with van der Waals surface area (Å²) in [6.07, 6.45) is 3.35. The molecule has 1 aromatic rings. The van der Waals surface area contributed by atoms with Crippen LogP contribution in [0.1, 0.15) is 19.8 Å². The number of nitrogens with one attached hydrogen (secondary N) is 1. The van der Waals surface area contributed by atoms with E-state index in [0.717, 1.165) is 38.1 Å². The van der Waals surface area contributed by atoms with Crippen LogP contribution in [0.15, 0.2) is 29.2 Å². The molecule has 1 heterocycles. The monoisotopic (exact) mass is 310 g/mol. The highest BCUT2D eigenvalue weighted by Crippen LogP contribution is 2.21. The fourth-order valence-electron chi connectivity index (χ4n) is 2.51. The van der Waals surface area contributed by atoms with Crippen molar-refractivity contribution in [1.82, 2.24) is 4.90 Å². The highest BCUT2D eigenvalue weighted by atomic mass is 32.2. The largest absolute Gasteiger partial charge is 0.324 e. The van der Waals surface area contributed by atoms with Gasteiger partial charge in [-0.25, -0.2) is 8.42 Å². The van der Waals surface area contributed by atoms with Gasteiger partial charge in [-0.3, -0.25) is 9.69 Å². The smallest absolute Gasteiger partial charge is 0.238 e. The second kappa shape index (κ2) is 6.58. The van der Waals surface area contributed by atoms with Crippen LogP contribution < -0.4 is 5.32 Å². The van der Waals surface area contributed by atoms with Crippen molar-refractivity contribution >= 4 is 21.4 Å². The quantitative estimate of drug-likeness (QED) is 0.920. The van der Waals surface area contributed by atoms with Gasteiger partial charge in [0, 0.05) is 6.26 Å². The zero-order valence-electron chi connectivity index (χ0n) is 12.5. The van der Waals surface area contributed by atoms with E-state index in [-0.39, 0.29) is 10.8 Å². The van der Waals surface area contributed by atoms with Gasteiger partial charge in [-0.15, -0.1) is 0 Å². The summed E-state index contributed by atoms with van der Waals surface area (Å²) in [4.78, 5) is 14.4. The van der Waals surface area contributed by atoms with Crippen LogP contribution in [0.4, 0.5) is 5.69 Å². The molecular formula is C15H22N2O3S. The molecule has 1 fully saturated rings. The number of sulfone groups is 1. The summed E-state index contributed by atoms with van der Waals surface area (Å²) in [6, 6.07) is 6.49. The third kappa shape index (κ3) is 4.54. The van der Waals surface area contributed by atoms with Crippen LogP contribution in [0.2, 0.25) is 0 Å². The van der Waals surface area contributed by atoms with Crippen LogP contribution in [-0.4, -0.2) is 45.1 Å². The Balaban J connectivity index is 2.00. The molecule has 1 aromatic carbocycles. The lowest BCUT2D eigenvalue weighted by atomic mass is 9.99. The number of rotatable bonds is 4. The Hall–Kier alpha value is -1.40. The summed E-state index contributed by atoms with van der Waals surface area (Å²) in [5, 5.41) is 2.72. The van der Waals surface area contributed by atoms with Gasteiger partial charge in [0.15, 0.2) is 9.84 Å². The van der Waals surface area contributed by atoms with E-state index in [1.54, 1.807) is 18.2 Å². The van der Waals surface area contributed by atoms with Crippen LogP contribution >= 0.6 is 0 Å². The molecule has 1 aliphatic heterocycles. The highest BCUT2D eigenvalue weighted by Gasteiger charge is 2.19. The third-order valence-electron chi connectivity index (χ3n) is 3.80. The molecule has 6 heteroatoms. The Morgan fingerprint density at radius 2 is 1.90 bits per heavy atom. The maximum atomic E-state index is 12.1. The highest BCUT2D eigenvalue weighted by molar-refractivity contribution is 7.90. The lowest BCUT2D eigenvalue weighted by Gasteiger charge is -2.29. The summed E-state index contributed by atoms with van der Waals surface area (Å²) in [5.74, 6) is 0.552. The number of carbonyl (C=O) groups excluding carboxylic acids is 1. The Labute approximate surface area is 126 Å². The molecule has 1 amide bonds. The molecule has 0 atom stereocenters. The number of carbonyl (C=O) groups is 1. The Bertz CT molecular complexity index is 605. The van der Waals surface area contributed by atoms with E-state index in [1.807, 2.05) is 0 Å². The molecule has 0 spiro atoms. The number of likely N-dealkylation sites (tertiary alicyclic amines) is 1. The van der Waals surface area contributed by atoms with Crippen molar-refractivity contribution in [2.45, 2.75) is 24.7 Å². The zero-order valence-corrected chi connectivity index (χ0v) is 13.3. The van der Waals surface area contributed by atoms with E-state index in [4.69, 9.17) is 0 Å². The first kappa shape index (κ1) is 16.0. The average Bonchev–Trinajstić information content (AvgIpc) is 2.41. The molecule has 0 saturated carbocycles. The first-order chi connectivity index (χ1) is 9.86. The summed E-state index contributed by atoms with van der Waals surface area (Å²) < 4.78 is 23.4. The first-order valence-corrected chi connectivity index (χ1v) is 9.06. The average molecular weight is 310 g/mol. The second-order valence-electron chi connectivity index (χ2n) is 5.78. The molecule has 5 nitrogen and oxygen atoms in total. The number of benzene rings is 1. The molecule has 0 unspecified atom stereocenters. The molecule has 0 aliphatic carbocycles.